The Morgan fingerprint density at radius 2 is 2.00 bits per heavy atom. The van der Waals surface area contributed by atoms with Gasteiger partial charge in [0, 0.05) is 37.9 Å². The maximum atomic E-state index is 12.5. The molecule has 26 heavy (non-hydrogen) atoms. The molecule has 2 aromatic heterocycles. The van der Waals surface area contributed by atoms with Crippen molar-refractivity contribution in [3.63, 3.8) is 0 Å². The first-order chi connectivity index (χ1) is 12.8. The summed E-state index contributed by atoms with van der Waals surface area (Å²) in [5.41, 5.74) is 2.50. The van der Waals surface area contributed by atoms with E-state index in [4.69, 9.17) is 0 Å². The molecule has 1 aliphatic rings. The van der Waals surface area contributed by atoms with E-state index in [1.165, 1.54) is 11.1 Å². The molecule has 0 saturated heterocycles. The predicted octanol–water partition coefficient (Wildman–Crippen LogP) is 2.91. The van der Waals surface area contributed by atoms with E-state index in [-0.39, 0.29) is 18.1 Å². The summed E-state index contributed by atoms with van der Waals surface area (Å²) in [6, 6.07) is 12.3. The van der Waals surface area contributed by atoms with Crippen LogP contribution in [0.3, 0.4) is 0 Å². The van der Waals surface area contributed by atoms with Crippen LogP contribution >= 0.6 is 0 Å². The number of amides is 2. The number of aromatic nitrogens is 3. The molecule has 0 spiro atoms. The van der Waals surface area contributed by atoms with Crippen LogP contribution in [0.4, 0.5) is 4.79 Å². The molecule has 2 amide bonds. The van der Waals surface area contributed by atoms with Gasteiger partial charge in [0.25, 0.3) is 0 Å². The van der Waals surface area contributed by atoms with Gasteiger partial charge in [0.1, 0.15) is 0 Å². The molecule has 0 saturated carbocycles. The minimum atomic E-state index is -0.135. The zero-order valence-corrected chi connectivity index (χ0v) is 14.6. The van der Waals surface area contributed by atoms with Crippen molar-refractivity contribution in [2.75, 3.05) is 6.54 Å². The average molecular weight is 349 g/mol. The maximum Gasteiger partial charge on any atom is 0.315 e. The molecule has 6 nitrogen and oxygen atoms in total. The summed E-state index contributed by atoms with van der Waals surface area (Å²) in [6.07, 6.45) is 11.6. The monoisotopic (exact) mass is 349 g/mol. The molecule has 2 N–H and O–H groups in total. The van der Waals surface area contributed by atoms with Crippen LogP contribution in [0.1, 0.15) is 29.6 Å². The van der Waals surface area contributed by atoms with Crippen LogP contribution in [0.25, 0.3) is 0 Å². The number of nitrogens with zero attached hydrogens (tertiary/aromatic N) is 3. The van der Waals surface area contributed by atoms with Gasteiger partial charge >= 0.3 is 6.03 Å². The molecule has 2 atom stereocenters. The lowest BCUT2D eigenvalue weighted by molar-refractivity contribution is 0.227. The van der Waals surface area contributed by atoms with Crippen LogP contribution in [-0.2, 0) is 13.0 Å². The van der Waals surface area contributed by atoms with Crippen LogP contribution in [0.2, 0.25) is 0 Å². The Hall–Kier alpha value is -3.02. The number of imidazole rings is 1. The van der Waals surface area contributed by atoms with Crippen molar-refractivity contribution in [2.45, 2.75) is 31.5 Å². The van der Waals surface area contributed by atoms with Gasteiger partial charge in [-0.3, -0.25) is 0 Å². The van der Waals surface area contributed by atoms with Gasteiger partial charge in [-0.15, -0.1) is 0 Å². The van der Waals surface area contributed by atoms with E-state index in [9.17, 15) is 4.79 Å². The Morgan fingerprint density at radius 3 is 2.81 bits per heavy atom. The molecule has 0 fully saturated rings. The topological polar surface area (TPSA) is 63.9 Å². The molecule has 0 bridgehead atoms. The predicted molar refractivity (Wildman–Crippen MR) is 99.7 cm³/mol. The first-order valence-electron chi connectivity index (χ1n) is 9.01. The normalized spacial score (nSPS) is 18.9. The minimum Gasteiger partial charge on any atom is -0.353 e. The SMILES string of the molecule is O=C(NCCn1cccc1)NC1c2ccccc2CCC1n1ccnc1. The van der Waals surface area contributed by atoms with Crippen LogP contribution in [0, 0.1) is 0 Å². The third-order valence-corrected chi connectivity index (χ3v) is 5.00. The Morgan fingerprint density at radius 1 is 1.15 bits per heavy atom. The van der Waals surface area contributed by atoms with E-state index in [1.54, 1.807) is 6.20 Å². The van der Waals surface area contributed by atoms with Crippen molar-refractivity contribution in [1.29, 1.82) is 0 Å². The lowest BCUT2D eigenvalue weighted by Crippen LogP contribution is -2.43. The number of carbonyl (C=O) groups is 1. The highest BCUT2D eigenvalue weighted by atomic mass is 16.2. The van der Waals surface area contributed by atoms with Crippen molar-refractivity contribution in [1.82, 2.24) is 24.8 Å². The third kappa shape index (κ3) is 3.49. The van der Waals surface area contributed by atoms with Crippen LogP contribution in [-0.4, -0.2) is 26.7 Å². The maximum absolute atomic E-state index is 12.5. The van der Waals surface area contributed by atoms with E-state index >= 15 is 0 Å². The largest absolute Gasteiger partial charge is 0.353 e. The second-order valence-corrected chi connectivity index (χ2v) is 6.61. The first-order valence-corrected chi connectivity index (χ1v) is 9.01. The highest BCUT2D eigenvalue weighted by Crippen LogP contribution is 2.37. The molecule has 2 unspecified atom stereocenters. The molecule has 0 radical (unpaired) electrons. The summed E-state index contributed by atoms with van der Waals surface area (Å²) in [5.74, 6) is 0. The van der Waals surface area contributed by atoms with Crippen LogP contribution in [0.5, 0.6) is 0 Å². The van der Waals surface area contributed by atoms with Gasteiger partial charge in [0.05, 0.1) is 18.4 Å². The summed E-state index contributed by atoms with van der Waals surface area (Å²) in [4.78, 5) is 16.7. The first kappa shape index (κ1) is 16.4. The van der Waals surface area contributed by atoms with Gasteiger partial charge in [0.2, 0.25) is 0 Å². The van der Waals surface area contributed by atoms with Gasteiger partial charge in [-0.25, -0.2) is 9.78 Å². The number of hydrogen-bond acceptors (Lipinski definition) is 2. The van der Waals surface area contributed by atoms with Crippen molar-refractivity contribution < 1.29 is 4.79 Å². The smallest absolute Gasteiger partial charge is 0.315 e. The van der Waals surface area contributed by atoms with Gasteiger partial charge < -0.3 is 19.8 Å². The highest BCUT2D eigenvalue weighted by molar-refractivity contribution is 5.74. The Balaban J connectivity index is 1.46. The number of urea groups is 1. The highest BCUT2D eigenvalue weighted by Gasteiger charge is 2.31. The van der Waals surface area contributed by atoms with Crippen molar-refractivity contribution in [3.8, 4) is 0 Å². The minimum absolute atomic E-state index is 0.0688. The molecule has 0 aliphatic heterocycles. The zero-order chi connectivity index (χ0) is 17.8. The number of aryl methyl sites for hydroxylation is 1. The van der Waals surface area contributed by atoms with Gasteiger partial charge in [0.15, 0.2) is 0 Å². The summed E-state index contributed by atoms with van der Waals surface area (Å²) in [6.45, 7) is 1.34. The molecule has 1 aromatic carbocycles. The molecule has 4 rings (SSSR count). The van der Waals surface area contributed by atoms with E-state index < -0.39 is 0 Å². The Labute approximate surface area is 152 Å². The fraction of sp³-hybridized carbons (Fsp3) is 0.300. The molecular formula is C20H23N5O. The summed E-state index contributed by atoms with van der Waals surface area (Å²) in [7, 11) is 0. The quantitative estimate of drug-likeness (QED) is 0.744. The summed E-state index contributed by atoms with van der Waals surface area (Å²) in [5, 5.41) is 6.15. The van der Waals surface area contributed by atoms with Gasteiger partial charge in [-0.05, 0) is 36.1 Å². The lowest BCUT2D eigenvalue weighted by Gasteiger charge is -2.35. The number of hydrogen-bond donors (Lipinski definition) is 2. The Kier molecular flexibility index (Phi) is 4.73. The molecule has 6 heteroatoms. The third-order valence-electron chi connectivity index (χ3n) is 5.00. The Bertz CT molecular complexity index is 841. The zero-order valence-electron chi connectivity index (χ0n) is 14.6. The van der Waals surface area contributed by atoms with Gasteiger partial charge in [-0.1, -0.05) is 24.3 Å². The molecule has 134 valence electrons. The second-order valence-electron chi connectivity index (χ2n) is 6.61. The molecular weight excluding hydrogens is 326 g/mol. The second kappa shape index (κ2) is 7.47. The fourth-order valence-electron chi connectivity index (χ4n) is 3.71. The van der Waals surface area contributed by atoms with E-state index in [1.807, 2.05) is 47.7 Å². The molecule has 2 heterocycles. The molecule has 3 aromatic rings. The van der Waals surface area contributed by atoms with Crippen molar-refractivity contribution in [2.24, 2.45) is 0 Å². The van der Waals surface area contributed by atoms with E-state index in [0.717, 1.165) is 19.4 Å². The number of fused-ring (bicyclic) bond motifs is 1. The van der Waals surface area contributed by atoms with Crippen LogP contribution in [0.15, 0.2) is 67.5 Å². The van der Waals surface area contributed by atoms with Crippen LogP contribution < -0.4 is 10.6 Å². The average Bonchev–Trinajstić information content (AvgIpc) is 3.36. The lowest BCUT2D eigenvalue weighted by atomic mass is 9.84. The number of rotatable bonds is 5. The summed E-state index contributed by atoms with van der Waals surface area (Å²) >= 11 is 0. The van der Waals surface area contributed by atoms with Crippen molar-refractivity contribution >= 4 is 6.03 Å². The number of benzene rings is 1. The van der Waals surface area contributed by atoms with Gasteiger partial charge in [-0.2, -0.15) is 0 Å². The van der Waals surface area contributed by atoms with E-state index in [2.05, 4.69) is 38.4 Å². The summed E-state index contributed by atoms with van der Waals surface area (Å²) < 4.78 is 4.14. The fourth-order valence-corrected chi connectivity index (χ4v) is 3.71. The number of carbonyl (C=O) groups excluding carboxylic acids is 1. The molecule has 1 aliphatic carbocycles. The van der Waals surface area contributed by atoms with Crippen molar-refractivity contribution in [3.05, 3.63) is 78.6 Å². The number of nitrogens with one attached hydrogen (secondary N) is 2. The standard InChI is InChI=1S/C20H23N5O/c26-20(22-10-13-24-11-3-4-12-24)23-19-17-6-2-1-5-16(17)7-8-18(19)25-14-9-21-15-25/h1-6,9,11-12,14-15,18-19H,7-8,10,13H2,(H2,22,23,26). The van der Waals surface area contributed by atoms with E-state index in [0.29, 0.717) is 6.54 Å².